The molecule has 2 fully saturated rings. The third-order valence-corrected chi connectivity index (χ3v) is 11.4. The molecule has 4 aliphatic carbocycles. The lowest BCUT2D eigenvalue weighted by Crippen LogP contribution is -2.59. The number of epoxide rings is 1. The molecule has 4 nitrogen and oxygen atoms in total. The van der Waals surface area contributed by atoms with Crippen LogP contribution in [0.2, 0.25) is 0 Å². The van der Waals surface area contributed by atoms with Gasteiger partial charge in [-0.25, -0.2) is 0 Å². The highest BCUT2D eigenvalue weighted by molar-refractivity contribution is 5.67. The average Bonchev–Trinajstić information content (AvgIpc) is 3.47. The predicted octanol–water partition coefficient (Wildman–Crippen LogP) is 6.78. The maximum absolute atomic E-state index is 12.4. The maximum atomic E-state index is 12.4. The SMILES string of the molecule is C=C(CC[C@@H](C)[C@H]1CC=C2C3=C([C@@H](O)[C@H](OC(C)=O)[C@@]21C)[C@@]1(C)C[C@@H]2O[C@@H]2C(C)(C)[C@@H]1CC3)C(C)C. The molecular formula is C32H48O4. The van der Waals surface area contributed by atoms with Crippen LogP contribution in [0.3, 0.4) is 0 Å². The zero-order chi connectivity index (χ0) is 26.4. The third-order valence-electron chi connectivity index (χ3n) is 11.4. The molecule has 1 aliphatic heterocycles. The minimum Gasteiger partial charge on any atom is -0.458 e. The van der Waals surface area contributed by atoms with Crippen LogP contribution in [-0.4, -0.2) is 35.5 Å². The van der Waals surface area contributed by atoms with Crippen molar-refractivity contribution in [1.29, 1.82) is 0 Å². The lowest BCUT2D eigenvalue weighted by atomic mass is 9.46. The van der Waals surface area contributed by atoms with E-state index in [-0.39, 0.29) is 28.3 Å². The van der Waals surface area contributed by atoms with Gasteiger partial charge in [0, 0.05) is 12.3 Å². The van der Waals surface area contributed by atoms with Crippen LogP contribution in [0.25, 0.3) is 0 Å². The van der Waals surface area contributed by atoms with Crippen molar-refractivity contribution in [2.45, 2.75) is 118 Å². The first kappa shape index (κ1) is 26.2. The topological polar surface area (TPSA) is 59.1 Å². The summed E-state index contributed by atoms with van der Waals surface area (Å²) in [5.41, 5.74) is 4.72. The van der Waals surface area contributed by atoms with Gasteiger partial charge in [0.25, 0.3) is 0 Å². The van der Waals surface area contributed by atoms with Crippen LogP contribution in [0.4, 0.5) is 0 Å². The highest BCUT2D eigenvalue weighted by Crippen LogP contribution is 2.69. The Morgan fingerprint density at radius 3 is 2.58 bits per heavy atom. The van der Waals surface area contributed by atoms with Crippen LogP contribution in [0.15, 0.2) is 34.9 Å². The van der Waals surface area contributed by atoms with Crippen molar-refractivity contribution in [3.8, 4) is 0 Å². The monoisotopic (exact) mass is 496 g/mol. The second-order valence-corrected chi connectivity index (χ2v) is 14.1. The predicted molar refractivity (Wildman–Crippen MR) is 143 cm³/mol. The standard InChI is InChI=1S/C32H48O4/c1-17(2)18(3)10-11-19(4)22-13-14-23-21-12-15-25-30(6,7)28-24(36-28)16-31(25,8)26(21)27(34)29(32(22,23)9)35-20(5)33/h14,17,19,22,24-25,27-29,34H,3,10-13,15-16H2,1-2,4-9H3/t19-,22-,24+,25+,27-,28+,29+,31+,32-/m1/s1. The van der Waals surface area contributed by atoms with Crippen molar-refractivity contribution in [2.75, 3.05) is 0 Å². The smallest absolute Gasteiger partial charge is 0.303 e. The van der Waals surface area contributed by atoms with Gasteiger partial charge in [-0.1, -0.05) is 66.7 Å². The van der Waals surface area contributed by atoms with E-state index < -0.39 is 12.2 Å². The van der Waals surface area contributed by atoms with Crippen LogP contribution in [-0.2, 0) is 14.3 Å². The van der Waals surface area contributed by atoms with Crippen LogP contribution >= 0.6 is 0 Å². The Balaban J connectivity index is 1.54. The lowest BCUT2D eigenvalue weighted by molar-refractivity contribution is -0.166. The molecular weight excluding hydrogens is 448 g/mol. The van der Waals surface area contributed by atoms with E-state index >= 15 is 0 Å². The summed E-state index contributed by atoms with van der Waals surface area (Å²) in [6.45, 7) is 21.9. The van der Waals surface area contributed by atoms with E-state index in [9.17, 15) is 9.90 Å². The summed E-state index contributed by atoms with van der Waals surface area (Å²) in [6.07, 6.45) is 7.86. The number of aliphatic hydroxyl groups excluding tert-OH is 1. The Hall–Kier alpha value is -1.39. The van der Waals surface area contributed by atoms with Gasteiger partial charge in [0.1, 0.15) is 12.2 Å². The molecule has 36 heavy (non-hydrogen) atoms. The van der Waals surface area contributed by atoms with Gasteiger partial charge in [-0.05, 0) is 89.7 Å². The minimum absolute atomic E-state index is 0.0769. The molecule has 5 aliphatic rings. The van der Waals surface area contributed by atoms with E-state index in [4.69, 9.17) is 9.47 Å². The summed E-state index contributed by atoms with van der Waals surface area (Å²) in [5.74, 6) is 1.40. The van der Waals surface area contributed by atoms with Gasteiger partial charge in [0.2, 0.25) is 0 Å². The number of rotatable bonds is 6. The molecule has 0 spiro atoms. The van der Waals surface area contributed by atoms with Gasteiger partial charge in [0.15, 0.2) is 0 Å². The molecule has 1 heterocycles. The van der Waals surface area contributed by atoms with Crippen molar-refractivity contribution in [1.82, 2.24) is 0 Å². The normalized spacial score (nSPS) is 43.1. The quantitative estimate of drug-likeness (QED) is 0.250. The largest absolute Gasteiger partial charge is 0.458 e. The Kier molecular flexibility index (Phi) is 6.24. The lowest BCUT2D eigenvalue weighted by Gasteiger charge is -2.59. The molecule has 0 aromatic heterocycles. The molecule has 4 heteroatoms. The number of allylic oxidation sites excluding steroid dienone is 3. The molecule has 1 saturated carbocycles. The maximum Gasteiger partial charge on any atom is 0.303 e. The van der Waals surface area contributed by atoms with Gasteiger partial charge in [-0.2, -0.15) is 0 Å². The number of fused-ring (bicyclic) bond motifs is 5. The van der Waals surface area contributed by atoms with Crippen molar-refractivity contribution in [3.05, 3.63) is 34.9 Å². The molecule has 0 amide bonds. The molecule has 9 atom stereocenters. The third kappa shape index (κ3) is 3.64. The molecule has 0 bridgehead atoms. The number of carbonyl (C=O) groups is 1. The van der Waals surface area contributed by atoms with Crippen LogP contribution in [0, 0.1) is 39.9 Å². The van der Waals surface area contributed by atoms with Crippen molar-refractivity contribution < 1.29 is 19.4 Å². The van der Waals surface area contributed by atoms with Gasteiger partial charge in [0.05, 0.1) is 12.2 Å². The second-order valence-electron chi connectivity index (χ2n) is 14.1. The fraction of sp³-hybridized carbons (Fsp3) is 0.781. The summed E-state index contributed by atoms with van der Waals surface area (Å²) < 4.78 is 12.3. The molecule has 5 rings (SSSR count). The second kappa shape index (κ2) is 8.56. The van der Waals surface area contributed by atoms with Crippen molar-refractivity contribution >= 4 is 5.97 Å². The van der Waals surface area contributed by atoms with E-state index in [1.807, 2.05) is 0 Å². The first-order valence-corrected chi connectivity index (χ1v) is 14.4. The van der Waals surface area contributed by atoms with Crippen LogP contribution in [0.5, 0.6) is 0 Å². The number of ether oxygens (including phenoxy) is 2. The summed E-state index contributed by atoms with van der Waals surface area (Å²) in [4.78, 5) is 12.4. The molecule has 0 unspecified atom stereocenters. The highest BCUT2D eigenvalue weighted by atomic mass is 16.6. The first-order valence-electron chi connectivity index (χ1n) is 14.4. The summed E-state index contributed by atoms with van der Waals surface area (Å²) in [7, 11) is 0. The molecule has 0 radical (unpaired) electrons. The number of aliphatic hydroxyl groups is 1. The van der Waals surface area contributed by atoms with Gasteiger partial charge >= 0.3 is 5.97 Å². The molecule has 0 aromatic rings. The Bertz CT molecular complexity index is 1020. The molecule has 1 N–H and O–H groups in total. The van der Waals surface area contributed by atoms with E-state index in [2.05, 4.69) is 61.1 Å². The fourth-order valence-electron chi connectivity index (χ4n) is 9.38. The van der Waals surface area contributed by atoms with Gasteiger partial charge < -0.3 is 14.6 Å². The van der Waals surface area contributed by atoms with Crippen molar-refractivity contribution in [2.24, 2.45) is 39.9 Å². The number of esters is 1. The number of hydrogen-bond donors (Lipinski definition) is 1. The van der Waals surface area contributed by atoms with Gasteiger partial charge in [-0.3, -0.25) is 4.79 Å². The van der Waals surface area contributed by atoms with Crippen LogP contribution < -0.4 is 0 Å². The summed E-state index contributed by atoms with van der Waals surface area (Å²) in [5, 5.41) is 12.2. The van der Waals surface area contributed by atoms with E-state index in [1.165, 1.54) is 23.6 Å². The minimum atomic E-state index is -0.775. The van der Waals surface area contributed by atoms with E-state index in [0.29, 0.717) is 29.8 Å². The Morgan fingerprint density at radius 1 is 1.25 bits per heavy atom. The average molecular weight is 497 g/mol. The number of hydrogen-bond acceptors (Lipinski definition) is 4. The number of carbonyl (C=O) groups excluding carboxylic acids is 1. The summed E-state index contributed by atoms with van der Waals surface area (Å²) in [6, 6.07) is 0. The zero-order valence-electron chi connectivity index (χ0n) is 23.8. The van der Waals surface area contributed by atoms with E-state index in [1.54, 1.807) is 0 Å². The fourth-order valence-corrected chi connectivity index (χ4v) is 9.38. The molecule has 0 aromatic carbocycles. The van der Waals surface area contributed by atoms with E-state index in [0.717, 1.165) is 44.1 Å². The summed E-state index contributed by atoms with van der Waals surface area (Å²) >= 11 is 0. The molecule has 1 saturated heterocycles. The Morgan fingerprint density at radius 2 is 1.94 bits per heavy atom. The van der Waals surface area contributed by atoms with Gasteiger partial charge in [-0.15, -0.1) is 0 Å². The zero-order valence-corrected chi connectivity index (χ0v) is 23.8. The first-order chi connectivity index (χ1) is 16.7. The van der Waals surface area contributed by atoms with Crippen LogP contribution in [0.1, 0.15) is 93.9 Å². The van der Waals surface area contributed by atoms with Crippen molar-refractivity contribution in [3.63, 3.8) is 0 Å². The Labute approximate surface area is 218 Å². The highest BCUT2D eigenvalue weighted by Gasteiger charge is 2.68. The molecule has 200 valence electrons.